The maximum absolute atomic E-state index is 11.6. The van der Waals surface area contributed by atoms with Crippen LogP contribution >= 0.6 is 11.6 Å². The summed E-state index contributed by atoms with van der Waals surface area (Å²) >= 11 is 6.37. The number of methoxy groups -OCH3 is 1. The third-order valence-corrected chi connectivity index (χ3v) is 5.91. The predicted octanol–water partition coefficient (Wildman–Crippen LogP) is 1.15. The van der Waals surface area contributed by atoms with Crippen molar-refractivity contribution in [2.75, 3.05) is 26.9 Å². The first-order chi connectivity index (χ1) is 16.2. The Morgan fingerprint density at radius 2 is 1.82 bits per heavy atom. The highest BCUT2D eigenvalue weighted by atomic mass is 35.5. The van der Waals surface area contributed by atoms with Crippen LogP contribution < -0.4 is 4.74 Å². The Kier molecular flexibility index (Phi) is 8.89. The van der Waals surface area contributed by atoms with Crippen molar-refractivity contribution in [1.82, 2.24) is 0 Å². The molecule has 1 saturated heterocycles. The summed E-state index contributed by atoms with van der Waals surface area (Å²) in [5.74, 6) is -2.37. The Hall–Kier alpha value is -2.24. The molecule has 4 N–H and O–H groups in total. The normalized spacial score (nSPS) is 26.8. The van der Waals surface area contributed by atoms with Gasteiger partial charge in [-0.1, -0.05) is 29.8 Å². The molecule has 1 aliphatic rings. The minimum absolute atomic E-state index is 0.115. The van der Waals surface area contributed by atoms with Crippen molar-refractivity contribution >= 4 is 17.6 Å². The van der Waals surface area contributed by atoms with Crippen molar-refractivity contribution in [1.29, 1.82) is 0 Å². The van der Waals surface area contributed by atoms with Crippen molar-refractivity contribution < 1.29 is 44.2 Å². The molecule has 1 aliphatic heterocycles. The fourth-order valence-electron chi connectivity index (χ4n) is 3.74. The fraction of sp³-hybridized carbons (Fsp3) is 0.458. The van der Waals surface area contributed by atoms with Gasteiger partial charge in [-0.15, -0.1) is 0 Å². The van der Waals surface area contributed by atoms with Crippen LogP contribution in [0.4, 0.5) is 0 Å². The number of esters is 1. The molecule has 1 heterocycles. The molecule has 34 heavy (non-hydrogen) atoms. The molecular formula is C24H29ClO9. The van der Waals surface area contributed by atoms with Crippen molar-refractivity contribution in [3.8, 4) is 5.75 Å². The molecule has 3 rings (SSSR count). The summed E-state index contributed by atoms with van der Waals surface area (Å²) in [6.07, 6.45) is -6.16. The summed E-state index contributed by atoms with van der Waals surface area (Å²) in [5, 5.41) is 42.9. The summed E-state index contributed by atoms with van der Waals surface area (Å²) < 4.78 is 20.7. The van der Waals surface area contributed by atoms with Gasteiger partial charge in [0.05, 0.1) is 6.61 Å². The van der Waals surface area contributed by atoms with Crippen molar-refractivity contribution in [2.45, 2.75) is 43.5 Å². The fourth-order valence-corrected chi connectivity index (χ4v) is 3.92. The van der Waals surface area contributed by atoms with Crippen LogP contribution in [0.3, 0.4) is 0 Å². The summed E-state index contributed by atoms with van der Waals surface area (Å²) in [5.41, 5.74) is 1.68. The molecule has 10 heteroatoms. The zero-order valence-corrected chi connectivity index (χ0v) is 19.6. The number of ether oxygens (including phenoxy) is 4. The molecule has 0 unspecified atom stereocenters. The predicted molar refractivity (Wildman–Crippen MR) is 121 cm³/mol. The van der Waals surface area contributed by atoms with Crippen LogP contribution in [0.5, 0.6) is 5.75 Å². The summed E-state index contributed by atoms with van der Waals surface area (Å²) in [4.78, 5) is 11.6. The SMILES string of the molecule is CCOc1ccc(Cc2cc([C@@]3(O)O[C@H](COC(=O)COC)[C@@H](O)[C@H](O)[C@H]3O)ccc2Cl)cc1. The van der Waals surface area contributed by atoms with Crippen molar-refractivity contribution in [2.24, 2.45) is 0 Å². The topological polar surface area (TPSA) is 135 Å². The number of aliphatic hydroxyl groups is 4. The van der Waals surface area contributed by atoms with Gasteiger partial charge in [-0.05, 0) is 48.7 Å². The summed E-state index contributed by atoms with van der Waals surface area (Å²) in [6.45, 7) is 1.67. The Morgan fingerprint density at radius 1 is 1.12 bits per heavy atom. The molecule has 0 bridgehead atoms. The molecule has 186 valence electrons. The number of halogens is 1. The van der Waals surface area contributed by atoms with Gasteiger partial charge in [-0.2, -0.15) is 0 Å². The van der Waals surface area contributed by atoms with Gasteiger partial charge < -0.3 is 39.4 Å². The van der Waals surface area contributed by atoms with Gasteiger partial charge in [0, 0.05) is 17.7 Å². The van der Waals surface area contributed by atoms with E-state index < -0.39 is 42.8 Å². The molecule has 1 fully saturated rings. The molecule has 9 nitrogen and oxygen atoms in total. The van der Waals surface area contributed by atoms with Crippen LogP contribution in [0.2, 0.25) is 5.02 Å². The third kappa shape index (κ3) is 5.87. The smallest absolute Gasteiger partial charge is 0.332 e. The lowest BCUT2D eigenvalue weighted by molar-refractivity contribution is -0.358. The number of carbonyl (C=O) groups is 1. The van der Waals surface area contributed by atoms with Crippen LogP contribution in [-0.2, 0) is 31.2 Å². The average Bonchev–Trinajstić information content (AvgIpc) is 2.82. The molecule has 0 radical (unpaired) electrons. The van der Waals surface area contributed by atoms with Crippen molar-refractivity contribution in [3.63, 3.8) is 0 Å². The first kappa shape index (κ1) is 26.4. The second-order valence-corrected chi connectivity index (χ2v) is 8.36. The van der Waals surface area contributed by atoms with Gasteiger partial charge in [-0.3, -0.25) is 0 Å². The molecule has 0 amide bonds. The monoisotopic (exact) mass is 496 g/mol. The number of carbonyl (C=O) groups excluding carboxylic acids is 1. The zero-order chi connectivity index (χ0) is 24.9. The molecular weight excluding hydrogens is 468 g/mol. The highest BCUT2D eigenvalue weighted by Gasteiger charge is 2.54. The molecule has 0 aromatic heterocycles. The molecule has 2 aromatic carbocycles. The molecule has 5 atom stereocenters. The van der Waals surface area contributed by atoms with E-state index in [1.165, 1.54) is 13.2 Å². The van der Waals surface area contributed by atoms with Gasteiger partial charge in [0.15, 0.2) is 0 Å². The number of aliphatic hydroxyl groups excluding tert-OH is 3. The molecule has 0 saturated carbocycles. The number of rotatable bonds is 9. The Morgan fingerprint density at radius 3 is 2.47 bits per heavy atom. The van der Waals surface area contributed by atoms with Gasteiger partial charge in [0.25, 0.3) is 0 Å². The summed E-state index contributed by atoms with van der Waals surface area (Å²) in [6, 6.07) is 12.0. The lowest BCUT2D eigenvalue weighted by atomic mass is 9.87. The van der Waals surface area contributed by atoms with Crippen LogP contribution in [0.1, 0.15) is 23.6 Å². The minimum Gasteiger partial charge on any atom is -0.494 e. The minimum atomic E-state index is -2.39. The van der Waals surface area contributed by atoms with Crippen molar-refractivity contribution in [3.05, 3.63) is 64.2 Å². The third-order valence-electron chi connectivity index (χ3n) is 5.55. The Balaban J connectivity index is 1.83. The van der Waals surface area contributed by atoms with E-state index >= 15 is 0 Å². The van der Waals surface area contributed by atoms with E-state index in [0.29, 0.717) is 23.6 Å². The summed E-state index contributed by atoms with van der Waals surface area (Å²) in [7, 11) is 1.32. The van der Waals surface area contributed by atoms with E-state index in [-0.39, 0.29) is 12.2 Å². The van der Waals surface area contributed by atoms with Gasteiger partial charge in [0.2, 0.25) is 5.79 Å². The van der Waals surface area contributed by atoms with E-state index in [0.717, 1.165) is 11.3 Å². The lowest BCUT2D eigenvalue weighted by Crippen LogP contribution is -2.63. The highest BCUT2D eigenvalue weighted by molar-refractivity contribution is 6.31. The molecule has 0 spiro atoms. The van der Waals surface area contributed by atoms with Crippen LogP contribution in [0, 0.1) is 0 Å². The lowest BCUT2D eigenvalue weighted by Gasteiger charge is -2.45. The standard InChI is InChI=1S/C24H29ClO9/c1-3-32-17-7-4-14(5-8-17)10-15-11-16(6-9-18(15)25)24(30)23(29)22(28)21(27)19(34-24)12-33-20(26)13-31-2/h4-9,11,19,21-23,27-30H,3,10,12-13H2,1-2H3/t19-,21-,22+,23-,24-/m1/s1. The second-order valence-electron chi connectivity index (χ2n) is 7.95. The first-order valence-corrected chi connectivity index (χ1v) is 11.2. The maximum atomic E-state index is 11.6. The van der Waals surface area contributed by atoms with Gasteiger partial charge in [0.1, 0.15) is 43.4 Å². The van der Waals surface area contributed by atoms with Crippen LogP contribution in [-0.4, -0.2) is 77.7 Å². The highest BCUT2D eigenvalue weighted by Crippen LogP contribution is 2.38. The van der Waals surface area contributed by atoms with Gasteiger partial charge >= 0.3 is 5.97 Å². The van der Waals surface area contributed by atoms with Gasteiger partial charge in [-0.25, -0.2) is 4.79 Å². The first-order valence-electron chi connectivity index (χ1n) is 10.8. The van der Waals surface area contributed by atoms with E-state index in [9.17, 15) is 25.2 Å². The van der Waals surface area contributed by atoms with Crippen LogP contribution in [0.25, 0.3) is 0 Å². The number of hydrogen-bond donors (Lipinski definition) is 4. The maximum Gasteiger partial charge on any atom is 0.332 e. The number of hydrogen-bond acceptors (Lipinski definition) is 9. The van der Waals surface area contributed by atoms with Crippen LogP contribution in [0.15, 0.2) is 42.5 Å². The quantitative estimate of drug-likeness (QED) is 0.377. The molecule has 0 aliphatic carbocycles. The number of benzene rings is 2. The zero-order valence-electron chi connectivity index (χ0n) is 18.9. The average molecular weight is 497 g/mol. The Bertz CT molecular complexity index is 967. The van der Waals surface area contributed by atoms with E-state index in [1.807, 2.05) is 31.2 Å². The molecule has 2 aromatic rings. The van der Waals surface area contributed by atoms with E-state index in [2.05, 4.69) is 4.74 Å². The van der Waals surface area contributed by atoms with E-state index in [1.54, 1.807) is 12.1 Å². The Labute approximate surface area is 202 Å². The van der Waals surface area contributed by atoms with E-state index in [4.69, 9.17) is 25.8 Å². The second kappa shape index (κ2) is 11.5. The largest absolute Gasteiger partial charge is 0.494 e.